The quantitative estimate of drug-likeness (QED) is 0.176. The molecule has 0 saturated carbocycles. The number of ether oxygens (including phenoxy) is 2. The number of hydrogen-bond donors (Lipinski definition) is 1. The van der Waals surface area contributed by atoms with Gasteiger partial charge in [0.2, 0.25) is 11.1 Å². The van der Waals surface area contributed by atoms with Crippen LogP contribution >= 0.6 is 35.0 Å². The SMILES string of the molecule is CCOC(=O)CC(=O)CSc1nnc(COc2ccccc2C2=NOC(c3ccc(Cl)cc3Cl)C2)n1NC(C)=O. The first-order valence-electron chi connectivity index (χ1n) is 12.2. The van der Waals surface area contributed by atoms with E-state index in [1.807, 2.05) is 24.3 Å². The molecule has 1 unspecified atom stereocenters. The number of carbonyl (C=O) groups is 3. The molecular formula is C26H25Cl2N5O6S. The average molecular weight is 606 g/mol. The zero-order valence-electron chi connectivity index (χ0n) is 21.6. The van der Waals surface area contributed by atoms with Crippen LogP contribution in [0.15, 0.2) is 52.8 Å². The topological polar surface area (TPSA) is 134 Å². The van der Waals surface area contributed by atoms with Crippen LogP contribution in [0.2, 0.25) is 10.0 Å². The molecule has 1 aliphatic rings. The number of thioether (sulfide) groups is 1. The van der Waals surface area contributed by atoms with Crippen LogP contribution < -0.4 is 10.2 Å². The minimum Gasteiger partial charge on any atom is -0.485 e. The summed E-state index contributed by atoms with van der Waals surface area (Å²) in [5.74, 6) is -0.553. The van der Waals surface area contributed by atoms with E-state index < -0.39 is 5.97 Å². The molecule has 2 aromatic carbocycles. The number of aromatic nitrogens is 3. The standard InChI is InChI=1S/C26H25Cl2N5O6S/c1-3-37-25(36)11-17(35)14-40-26-30-29-24(33(26)31-15(2)34)13-38-22-7-5-4-6-19(22)21-12-23(39-32-21)18-9-8-16(27)10-20(18)28/h4-10,23H,3,11-14H2,1-2H3,(H,31,34). The number of rotatable bonds is 12. The monoisotopic (exact) mass is 605 g/mol. The van der Waals surface area contributed by atoms with Crippen LogP contribution in [0.25, 0.3) is 0 Å². The van der Waals surface area contributed by atoms with Gasteiger partial charge in [0, 0.05) is 34.5 Å². The molecule has 1 N–H and O–H groups in total. The van der Waals surface area contributed by atoms with Gasteiger partial charge in [0.05, 0.1) is 18.1 Å². The summed E-state index contributed by atoms with van der Waals surface area (Å²) in [6, 6.07) is 12.5. The number of nitrogens with zero attached hydrogens (tertiary/aromatic N) is 4. The molecule has 0 bridgehead atoms. The Hall–Kier alpha value is -3.61. The number of amides is 1. The van der Waals surface area contributed by atoms with Gasteiger partial charge in [-0.25, -0.2) is 4.68 Å². The first-order chi connectivity index (χ1) is 19.2. The second kappa shape index (κ2) is 13.6. The number of hydrogen-bond acceptors (Lipinski definition) is 10. The largest absolute Gasteiger partial charge is 0.485 e. The van der Waals surface area contributed by atoms with Gasteiger partial charge < -0.3 is 14.3 Å². The molecule has 0 spiro atoms. The summed E-state index contributed by atoms with van der Waals surface area (Å²) in [6.45, 7) is 3.14. The predicted molar refractivity (Wildman–Crippen MR) is 149 cm³/mol. The molecule has 1 aliphatic heterocycles. The van der Waals surface area contributed by atoms with Crippen molar-refractivity contribution in [3.05, 3.63) is 69.5 Å². The normalized spacial score (nSPS) is 14.3. The van der Waals surface area contributed by atoms with Crippen LogP contribution in [0.5, 0.6) is 5.75 Å². The Labute approximate surface area is 244 Å². The molecule has 0 aliphatic carbocycles. The van der Waals surface area contributed by atoms with E-state index in [9.17, 15) is 14.4 Å². The van der Waals surface area contributed by atoms with Gasteiger partial charge in [-0.15, -0.1) is 10.2 Å². The highest BCUT2D eigenvalue weighted by molar-refractivity contribution is 7.99. The molecule has 0 fully saturated rings. The van der Waals surface area contributed by atoms with Gasteiger partial charge in [0.15, 0.2) is 17.7 Å². The zero-order chi connectivity index (χ0) is 28.6. The van der Waals surface area contributed by atoms with Crippen LogP contribution in [-0.2, 0) is 30.6 Å². The molecule has 2 heterocycles. The summed E-state index contributed by atoms with van der Waals surface area (Å²) < 4.78 is 12.2. The van der Waals surface area contributed by atoms with Crippen LogP contribution in [0.4, 0.5) is 0 Å². The fourth-order valence-corrected chi connectivity index (χ4v) is 5.07. The van der Waals surface area contributed by atoms with Gasteiger partial charge >= 0.3 is 5.97 Å². The summed E-state index contributed by atoms with van der Waals surface area (Å²) in [5.41, 5.74) is 4.80. The number of ketones is 1. The highest BCUT2D eigenvalue weighted by Crippen LogP contribution is 2.36. The van der Waals surface area contributed by atoms with Crippen molar-refractivity contribution in [1.29, 1.82) is 0 Å². The number of para-hydroxylation sites is 1. The summed E-state index contributed by atoms with van der Waals surface area (Å²) in [5, 5.41) is 13.7. The number of carbonyl (C=O) groups excluding carboxylic acids is 3. The molecular weight excluding hydrogens is 581 g/mol. The second-order valence-corrected chi connectivity index (χ2v) is 10.3. The van der Waals surface area contributed by atoms with Crippen LogP contribution in [0.1, 0.15) is 49.7 Å². The minimum atomic E-state index is -0.593. The van der Waals surface area contributed by atoms with Crippen molar-refractivity contribution in [2.45, 2.75) is 44.6 Å². The van der Waals surface area contributed by atoms with E-state index in [-0.39, 0.29) is 48.3 Å². The van der Waals surface area contributed by atoms with Crippen LogP contribution in [0.3, 0.4) is 0 Å². The fraction of sp³-hybridized carbons (Fsp3) is 0.308. The Morgan fingerprint density at radius 3 is 2.73 bits per heavy atom. The first kappa shape index (κ1) is 29.4. The second-order valence-electron chi connectivity index (χ2n) is 8.50. The summed E-state index contributed by atoms with van der Waals surface area (Å²) >= 11 is 13.4. The summed E-state index contributed by atoms with van der Waals surface area (Å²) in [7, 11) is 0. The highest BCUT2D eigenvalue weighted by Gasteiger charge is 2.28. The number of nitrogens with one attached hydrogen (secondary N) is 1. The molecule has 40 heavy (non-hydrogen) atoms. The van der Waals surface area contributed by atoms with Crippen molar-refractivity contribution in [2.24, 2.45) is 5.16 Å². The maximum absolute atomic E-state index is 12.1. The van der Waals surface area contributed by atoms with Gasteiger partial charge in [-0.3, -0.25) is 19.8 Å². The fourth-order valence-electron chi connectivity index (χ4n) is 3.77. The Morgan fingerprint density at radius 2 is 1.98 bits per heavy atom. The molecule has 0 radical (unpaired) electrons. The molecule has 14 heteroatoms. The van der Waals surface area contributed by atoms with E-state index in [0.717, 1.165) is 22.9 Å². The van der Waals surface area contributed by atoms with Gasteiger partial charge in [0.1, 0.15) is 18.8 Å². The van der Waals surface area contributed by atoms with E-state index in [0.29, 0.717) is 33.8 Å². The molecule has 1 atom stereocenters. The van der Waals surface area contributed by atoms with Crippen molar-refractivity contribution < 1.29 is 28.7 Å². The maximum atomic E-state index is 12.1. The molecule has 4 rings (SSSR count). The summed E-state index contributed by atoms with van der Waals surface area (Å²) in [4.78, 5) is 41.2. The van der Waals surface area contributed by atoms with Gasteiger partial charge in [0.25, 0.3) is 0 Å². The Balaban J connectivity index is 1.44. The van der Waals surface area contributed by atoms with Crippen LogP contribution in [-0.4, -0.2) is 50.6 Å². The molecule has 210 valence electrons. The lowest BCUT2D eigenvalue weighted by molar-refractivity contribution is -0.145. The number of halogens is 2. The zero-order valence-corrected chi connectivity index (χ0v) is 23.9. The van der Waals surface area contributed by atoms with Crippen molar-refractivity contribution in [1.82, 2.24) is 14.9 Å². The number of benzene rings is 2. The number of esters is 1. The Morgan fingerprint density at radius 1 is 1.18 bits per heavy atom. The lowest BCUT2D eigenvalue weighted by atomic mass is 9.99. The third-order valence-corrected chi connectivity index (χ3v) is 7.06. The van der Waals surface area contributed by atoms with Gasteiger partial charge in [-0.05, 0) is 31.2 Å². The average Bonchev–Trinajstić information content (AvgIpc) is 3.53. The van der Waals surface area contributed by atoms with Crippen LogP contribution in [0, 0.1) is 0 Å². The smallest absolute Gasteiger partial charge is 0.313 e. The van der Waals surface area contributed by atoms with E-state index >= 15 is 0 Å². The maximum Gasteiger partial charge on any atom is 0.313 e. The molecule has 1 aromatic heterocycles. The highest BCUT2D eigenvalue weighted by atomic mass is 35.5. The van der Waals surface area contributed by atoms with E-state index in [1.54, 1.807) is 25.1 Å². The lowest BCUT2D eigenvalue weighted by Crippen LogP contribution is -2.24. The van der Waals surface area contributed by atoms with E-state index in [1.165, 1.54) is 11.6 Å². The number of oxime groups is 1. The van der Waals surface area contributed by atoms with Gasteiger partial charge in [-0.2, -0.15) is 0 Å². The molecule has 11 nitrogen and oxygen atoms in total. The van der Waals surface area contributed by atoms with E-state index in [2.05, 4.69) is 20.8 Å². The predicted octanol–water partition coefficient (Wildman–Crippen LogP) is 4.73. The van der Waals surface area contributed by atoms with Crippen molar-refractivity contribution >= 4 is 58.3 Å². The van der Waals surface area contributed by atoms with Gasteiger partial charge in [-0.1, -0.05) is 58.3 Å². The van der Waals surface area contributed by atoms with E-state index in [4.69, 9.17) is 37.5 Å². The van der Waals surface area contributed by atoms with Crippen molar-refractivity contribution in [3.63, 3.8) is 0 Å². The third-order valence-electron chi connectivity index (χ3n) is 5.51. The Kier molecular flexibility index (Phi) is 10.0. The Bertz CT molecular complexity index is 1450. The summed E-state index contributed by atoms with van der Waals surface area (Å²) in [6.07, 6.45) is -0.257. The third kappa shape index (κ3) is 7.52. The first-order valence-corrected chi connectivity index (χ1v) is 13.9. The molecule has 0 saturated heterocycles. The minimum absolute atomic E-state index is 0.0534. The molecule has 1 amide bonds. The van der Waals surface area contributed by atoms with Crippen molar-refractivity contribution in [2.75, 3.05) is 17.8 Å². The van der Waals surface area contributed by atoms with Crippen molar-refractivity contribution in [3.8, 4) is 5.75 Å². The lowest BCUT2D eigenvalue weighted by Gasteiger charge is -2.13. The molecule has 3 aromatic rings. The number of Topliss-reactive ketones (excluding diaryl/α,β-unsaturated/α-hetero) is 1.